The van der Waals surface area contributed by atoms with Gasteiger partial charge in [-0.05, 0) is 68.2 Å². The molecule has 2 aromatic rings. The minimum absolute atomic E-state index is 0.146. The van der Waals surface area contributed by atoms with E-state index in [1.165, 1.54) is 21.8 Å². The van der Waals surface area contributed by atoms with E-state index in [1.54, 1.807) is 4.68 Å². The highest BCUT2D eigenvalue weighted by molar-refractivity contribution is 9.10. The molecule has 3 aliphatic rings. The minimum atomic E-state index is -3.49. The molecule has 154 valence electrons. The number of anilines is 1. The molecular weight excluding hydrogens is 458 g/mol. The van der Waals surface area contributed by atoms with E-state index in [1.807, 2.05) is 13.8 Å². The third-order valence-electron chi connectivity index (χ3n) is 5.77. The van der Waals surface area contributed by atoms with E-state index in [-0.39, 0.29) is 4.90 Å². The number of nitrogens with one attached hydrogen (secondary N) is 1. The molecule has 29 heavy (non-hydrogen) atoms. The van der Waals surface area contributed by atoms with Gasteiger partial charge in [0.25, 0.3) is 0 Å². The van der Waals surface area contributed by atoms with Gasteiger partial charge in [0.2, 0.25) is 5.88 Å². The Bertz CT molecular complexity index is 1190. The number of nitrogens with two attached hydrogens (primary N) is 1. The Kier molecular flexibility index (Phi) is 4.14. The number of carbonyl (C=O) groups excluding carboxylic acids is 1. The van der Waals surface area contributed by atoms with Crippen molar-refractivity contribution < 1.29 is 13.7 Å². The predicted octanol–water partition coefficient (Wildman–Crippen LogP) is 3.34. The average molecular weight is 480 g/mol. The smallest absolute Gasteiger partial charge is 0.354 e. The van der Waals surface area contributed by atoms with E-state index in [0.717, 1.165) is 48.9 Å². The molecule has 2 heterocycles. The van der Waals surface area contributed by atoms with Crippen LogP contribution in [0.15, 0.2) is 19.9 Å². The molecule has 2 amide bonds. The van der Waals surface area contributed by atoms with Crippen LogP contribution in [-0.4, -0.2) is 25.6 Å². The van der Waals surface area contributed by atoms with Crippen molar-refractivity contribution in [2.75, 3.05) is 5.32 Å². The Morgan fingerprint density at radius 3 is 2.66 bits per heavy atom. The normalized spacial score (nSPS) is 20.0. The van der Waals surface area contributed by atoms with Gasteiger partial charge in [-0.1, -0.05) is 15.9 Å². The van der Waals surface area contributed by atoms with Crippen LogP contribution in [0.3, 0.4) is 0 Å². The summed E-state index contributed by atoms with van der Waals surface area (Å²) in [4.78, 5) is 12.9. The third kappa shape index (κ3) is 3.00. The lowest BCUT2D eigenvalue weighted by molar-refractivity contribution is 0.132. The summed E-state index contributed by atoms with van der Waals surface area (Å²) in [5.41, 5.74) is 5.15. The Hall–Kier alpha value is -1.91. The van der Waals surface area contributed by atoms with E-state index in [2.05, 4.69) is 30.7 Å². The van der Waals surface area contributed by atoms with E-state index in [0.29, 0.717) is 12.4 Å². The summed E-state index contributed by atoms with van der Waals surface area (Å²) in [6, 6.07) is -0.708. The monoisotopic (exact) mass is 479 g/mol. The van der Waals surface area contributed by atoms with Crippen molar-refractivity contribution in [3.05, 3.63) is 32.9 Å². The molecule has 0 radical (unpaired) electrons. The summed E-state index contributed by atoms with van der Waals surface area (Å²) in [5, 5.41) is 13.0. The lowest BCUT2D eigenvalue weighted by atomic mass is 9.83. The Morgan fingerprint density at radius 1 is 1.28 bits per heavy atom. The lowest BCUT2D eigenvalue weighted by Crippen LogP contribution is -2.27. The summed E-state index contributed by atoms with van der Waals surface area (Å²) in [6.45, 7) is 4.32. The van der Waals surface area contributed by atoms with Crippen molar-refractivity contribution in [1.82, 2.24) is 9.78 Å². The van der Waals surface area contributed by atoms with Crippen LogP contribution < -0.4 is 15.2 Å². The van der Waals surface area contributed by atoms with Gasteiger partial charge in [-0.3, -0.25) is 0 Å². The number of aromatic nitrogens is 2. The number of ether oxygens (including phenoxy) is 1. The van der Waals surface area contributed by atoms with Gasteiger partial charge in [0.05, 0.1) is 12.7 Å². The maximum atomic E-state index is 13.1. The van der Waals surface area contributed by atoms with Gasteiger partial charge in [0.1, 0.15) is 10.5 Å². The van der Waals surface area contributed by atoms with Gasteiger partial charge in [0, 0.05) is 10.2 Å². The highest BCUT2D eigenvalue weighted by Crippen LogP contribution is 2.45. The molecule has 1 atom stereocenters. The second-order valence-electron chi connectivity index (χ2n) is 8.38. The molecule has 0 unspecified atom stereocenters. The van der Waals surface area contributed by atoms with Crippen molar-refractivity contribution in [2.24, 2.45) is 9.50 Å². The third-order valence-corrected chi connectivity index (χ3v) is 8.07. The molecule has 3 N–H and O–H groups in total. The van der Waals surface area contributed by atoms with Gasteiger partial charge in [-0.15, -0.1) is 4.36 Å². The number of hydrogen-bond acceptors (Lipinski definition) is 4. The van der Waals surface area contributed by atoms with Crippen molar-refractivity contribution in [2.45, 2.75) is 63.0 Å². The summed E-state index contributed by atoms with van der Waals surface area (Å²) in [6.07, 6.45) is 6.23. The standard InChI is InChI=1S/C19H22BrN5O3S/c1-19(2)9-25-17(28-19)14(8-22-25)29(21,27)24-18(26)23-16-12-5-3-4-10(12)15(20)11-6-7-13(11)16/h8H,3-7,9H2,1-2H3,(H3,21,23,24,26,27)/t29-/m0/s1. The van der Waals surface area contributed by atoms with Crippen LogP contribution >= 0.6 is 15.9 Å². The van der Waals surface area contributed by atoms with Crippen LogP contribution in [-0.2, 0) is 42.1 Å². The minimum Gasteiger partial charge on any atom is -0.469 e. The lowest BCUT2D eigenvalue weighted by Gasteiger charge is -2.27. The number of fused-ring (bicyclic) bond motifs is 3. The highest BCUT2D eigenvalue weighted by atomic mass is 79.9. The maximum absolute atomic E-state index is 13.1. The topological polar surface area (TPSA) is 112 Å². The molecule has 0 saturated heterocycles. The molecule has 1 aromatic carbocycles. The molecule has 0 saturated carbocycles. The van der Waals surface area contributed by atoms with Crippen LogP contribution in [0.5, 0.6) is 5.88 Å². The Morgan fingerprint density at radius 2 is 1.93 bits per heavy atom. The second kappa shape index (κ2) is 6.29. The number of benzene rings is 1. The maximum Gasteiger partial charge on any atom is 0.354 e. The molecule has 10 heteroatoms. The summed E-state index contributed by atoms with van der Waals surface area (Å²) in [7, 11) is -3.49. The van der Waals surface area contributed by atoms with Crippen LogP contribution in [0.1, 0.15) is 42.5 Å². The molecular formula is C19H22BrN5O3S. The second-order valence-corrected chi connectivity index (χ2v) is 10.9. The van der Waals surface area contributed by atoms with E-state index in [4.69, 9.17) is 9.88 Å². The molecule has 0 fully saturated rings. The molecule has 2 aliphatic carbocycles. The van der Waals surface area contributed by atoms with Crippen molar-refractivity contribution in [1.29, 1.82) is 0 Å². The van der Waals surface area contributed by atoms with E-state index < -0.39 is 21.5 Å². The molecule has 1 aliphatic heterocycles. The first-order valence-corrected chi connectivity index (χ1v) is 12.0. The average Bonchev–Trinajstić information content (AvgIpc) is 3.24. The quantitative estimate of drug-likeness (QED) is 0.687. The molecule has 1 aromatic heterocycles. The zero-order chi connectivity index (χ0) is 20.6. The largest absolute Gasteiger partial charge is 0.469 e. The van der Waals surface area contributed by atoms with Crippen molar-refractivity contribution in [3.63, 3.8) is 0 Å². The van der Waals surface area contributed by atoms with Crippen LogP contribution in [0.25, 0.3) is 0 Å². The van der Waals surface area contributed by atoms with Gasteiger partial charge in [-0.25, -0.2) is 18.8 Å². The number of urea groups is 1. The predicted molar refractivity (Wildman–Crippen MR) is 113 cm³/mol. The van der Waals surface area contributed by atoms with Gasteiger partial charge >= 0.3 is 6.03 Å². The van der Waals surface area contributed by atoms with E-state index in [9.17, 15) is 9.00 Å². The Labute approximate surface area is 177 Å². The highest BCUT2D eigenvalue weighted by Gasteiger charge is 2.36. The molecule has 0 spiro atoms. The zero-order valence-corrected chi connectivity index (χ0v) is 18.7. The van der Waals surface area contributed by atoms with Gasteiger partial charge in [0.15, 0.2) is 9.92 Å². The molecule has 5 rings (SSSR count). The Balaban J connectivity index is 1.48. The number of hydrogen-bond donors (Lipinski definition) is 2. The van der Waals surface area contributed by atoms with Gasteiger partial charge < -0.3 is 10.1 Å². The molecule has 8 nitrogen and oxygen atoms in total. The molecule has 0 bridgehead atoms. The van der Waals surface area contributed by atoms with Crippen molar-refractivity contribution >= 4 is 37.6 Å². The SMILES string of the molecule is CC1(C)Cn2ncc([S@@](N)(=O)=NC(=O)Nc3c4c(c(Br)c5c3CC5)CCC4)c2O1. The number of nitrogens with zero attached hydrogens (tertiary/aromatic N) is 3. The summed E-state index contributed by atoms with van der Waals surface area (Å²) >= 11 is 3.72. The van der Waals surface area contributed by atoms with Crippen molar-refractivity contribution in [3.8, 4) is 5.88 Å². The number of amides is 2. The van der Waals surface area contributed by atoms with Crippen LogP contribution in [0.2, 0.25) is 0 Å². The number of halogens is 1. The summed E-state index contributed by atoms with van der Waals surface area (Å²) < 4.78 is 25.5. The fourth-order valence-corrected chi connectivity index (χ4v) is 6.26. The first-order chi connectivity index (χ1) is 13.7. The first-order valence-electron chi connectivity index (χ1n) is 9.62. The number of carbonyl (C=O) groups is 1. The van der Waals surface area contributed by atoms with Gasteiger partial charge in [-0.2, -0.15) is 5.10 Å². The first kappa shape index (κ1) is 19.1. The summed E-state index contributed by atoms with van der Waals surface area (Å²) in [5.74, 6) is 0.313. The van der Waals surface area contributed by atoms with Crippen LogP contribution in [0.4, 0.5) is 10.5 Å². The van der Waals surface area contributed by atoms with Crippen LogP contribution in [0, 0.1) is 0 Å². The zero-order valence-electron chi connectivity index (χ0n) is 16.2. The fraction of sp³-hybridized carbons (Fsp3) is 0.474. The fourth-order valence-electron chi connectivity index (χ4n) is 4.40. The van der Waals surface area contributed by atoms with E-state index >= 15 is 0 Å². The number of rotatable bonds is 2.